The lowest BCUT2D eigenvalue weighted by atomic mass is 9.92. The van der Waals surface area contributed by atoms with Gasteiger partial charge in [-0.3, -0.25) is 4.79 Å². The van der Waals surface area contributed by atoms with E-state index < -0.39 is 5.54 Å². The van der Waals surface area contributed by atoms with Gasteiger partial charge in [-0.1, -0.05) is 13.8 Å². The van der Waals surface area contributed by atoms with E-state index >= 15 is 0 Å². The van der Waals surface area contributed by atoms with Crippen LogP contribution in [0.4, 0.5) is 0 Å². The zero-order valence-corrected chi connectivity index (χ0v) is 13.0. The average Bonchev–Trinajstić information content (AvgIpc) is 2.25. The van der Waals surface area contributed by atoms with Crippen LogP contribution in [0, 0.1) is 11.8 Å². The molecule has 1 saturated heterocycles. The largest absolute Gasteiger partial charge is 0.355 e. The maximum absolute atomic E-state index is 11.6. The van der Waals surface area contributed by atoms with E-state index in [9.17, 15) is 4.79 Å². The van der Waals surface area contributed by atoms with Crippen molar-refractivity contribution in [3.05, 3.63) is 0 Å². The first kappa shape index (κ1) is 16.4. The Labute approximate surface area is 118 Å². The molecule has 19 heavy (non-hydrogen) atoms. The van der Waals surface area contributed by atoms with Crippen LogP contribution >= 0.6 is 0 Å². The van der Waals surface area contributed by atoms with Crippen molar-refractivity contribution in [2.24, 2.45) is 17.6 Å². The van der Waals surface area contributed by atoms with Crippen molar-refractivity contribution in [1.82, 2.24) is 10.2 Å². The Hall–Kier alpha value is -0.610. The monoisotopic (exact) mass is 269 g/mol. The number of rotatable bonds is 6. The molecule has 1 amide bonds. The van der Waals surface area contributed by atoms with Gasteiger partial charge in [-0.05, 0) is 51.5 Å². The molecule has 1 rings (SSSR count). The molecule has 4 nitrogen and oxygen atoms in total. The smallest absolute Gasteiger partial charge is 0.239 e. The lowest BCUT2D eigenvalue weighted by Crippen LogP contribution is -2.49. The zero-order valence-electron chi connectivity index (χ0n) is 13.0. The average molecular weight is 269 g/mol. The first-order valence-corrected chi connectivity index (χ1v) is 7.58. The summed E-state index contributed by atoms with van der Waals surface area (Å²) in [7, 11) is 0. The Bertz CT molecular complexity index is 276. The number of hydrogen-bond donors (Lipinski definition) is 2. The van der Waals surface area contributed by atoms with Gasteiger partial charge in [0.25, 0.3) is 0 Å². The molecule has 1 heterocycles. The highest BCUT2D eigenvalue weighted by Gasteiger charge is 2.22. The van der Waals surface area contributed by atoms with E-state index in [2.05, 4.69) is 24.1 Å². The predicted octanol–water partition coefficient (Wildman–Crippen LogP) is 1.60. The summed E-state index contributed by atoms with van der Waals surface area (Å²) in [4.78, 5) is 14.1. The number of amides is 1. The molecule has 3 N–H and O–H groups in total. The molecular formula is C15H31N3O. The first-order valence-electron chi connectivity index (χ1n) is 7.58. The number of nitrogens with one attached hydrogen (secondary N) is 1. The molecule has 0 saturated carbocycles. The topological polar surface area (TPSA) is 58.4 Å². The minimum absolute atomic E-state index is 0.0623. The van der Waals surface area contributed by atoms with E-state index in [-0.39, 0.29) is 5.91 Å². The molecule has 0 bridgehead atoms. The van der Waals surface area contributed by atoms with E-state index in [4.69, 9.17) is 5.73 Å². The van der Waals surface area contributed by atoms with Crippen molar-refractivity contribution in [3.63, 3.8) is 0 Å². The van der Waals surface area contributed by atoms with Gasteiger partial charge in [0.2, 0.25) is 5.91 Å². The number of hydrogen-bond acceptors (Lipinski definition) is 3. The summed E-state index contributed by atoms with van der Waals surface area (Å²) in [6.07, 6.45) is 3.53. The van der Waals surface area contributed by atoms with Gasteiger partial charge in [0, 0.05) is 19.6 Å². The quantitative estimate of drug-likeness (QED) is 0.720. The summed E-state index contributed by atoms with van der Waals surface area (Å²) in [5.41, 5.74) is 4.95. The molecular weight excluding hydrogens is 238 g/mol. The fourth-order valence-corrected chi connectivity index (χ4v) is 2.86. The molecule has 112 valence electrons. The van der Waals surface area contributed by atoms with Gasteiger partial charge >= 0.3 is 0 Å². The standard InChI is InChI=1S/C15H31N3O/c1-12-9-13(2)11-18(10-12)8-6-5-7-17-14(19)15(3,4)16/h12-13H,5-11,16H2,1-4H3,(H,17,19). The van der Waals surface area contributed by atoms with Crippen LogP contribution in [-0.4, -0.2) is 42.5 Å². The molecule has 0 aromatic rings. The number of piperidine rings is 1. The van der Waals surface area contributed by atoms with Crippen molar-refractivity contribution in [1.29, 1.82) is 0 Å². The summed E-state index contributed by atoms with van der Waals surface area (Å²) < 4.78 is 0. The first-order chi connectivity index (χ1) is 8.79. The molecule has 0 aromatic carbocycles. The highest BCUT2D eigenvalue weighted by atomic mass is 16.2. The van der Waals surface area contributed by atoms with Crippen LogP contribution in [0.5, 0.6) is 0 Å². The van der Waals surface area contributed by atoms with E-state index in [1.165, 1.54) is 19.5 Å². The second-order valence-electron chi connectivity index (χ2n) is 6.89. The van der Waals surface area contributed by atoms with Crippen LogP contribution in [-0.2, 0) is 4.79 Å². The molecule has 2 atom stereocenters. The van der Waals surface area contributed by atoms with Crippen LogP contribution in [0.3, 0.4) is 0 Å². The fraction of sp³-hybridized carbons (Fsp3) is 0.933. The third-order valence-corrected chi connectivity index (χ3v) is 3.72. The molecule has 0 radical (unpaired) electrons. The van der Waals surface area contributed by atoms with Crippen LogP contribution in [0.15, 0.2) is 0 Å². The van der Waals surface area contributed by atoms with Crippen molar-refractivity contribution in [2.75, 3.05) is 26.2 Å². The summed E-state index contributed by atoms with van der Waals surface area (Å²) in [6.45, 7) is 12.5. The number of nitrogens with two attached hydrogens (primary N) is 1. The SMILES string of the molecule is CC1CC(C)CN(CCCCNC(=O)C(C)(C)N)C1. The van der Waals surface area contributed by atoms with E-state index in [0.29, 0.717) is 0 Å². The lowest BCUT2D eigenvalue weighted by molar-refractivity contribution is -0.125. The molecule has 0 spiro atoms. The number of likely N-dealkylation sites (tertiary alicyclic amines) is 1. The Morgan fingerprint density at radius 1 is 1.26 bits per heavy atom. The Morgan fingerprint density at radius 3 is 2.37 bits per heavy atom. The number of carbonyl (C=O) groups is 1. The highest BCUT2D eigenvalue weighted by molar-refractivity contribution is 5.84. The van der Waals surface area contributed by atoms with Crippen LogP contribution in [0.25, 0.3) is 0 Å². The van der Waals surface area contributed by atoms with Crippen molar-refractivity contribution < 1.29 is 4.79 Å². The fourth-order valence-electron chi connectivity index (χ4n) is 2.86. The van der Waals surface area contributed by atoms with Crippen molar-refractivity contribution in [3.8, 4) is 0 Å². The Morgan fingerprint density at radius 2 is 1.84 bits per heavy atom. The van der Waals surface area contributed by atoms with E-state index in [1.54, 1.807) is 13.8 Å². The van der Waals surface area contributed by atoms with Crippen molar-refractivity contribution >= 4 is 5.91 Å². The zero-order chi connectivity index (χ0) is 14.5. The van der Waals surface area contributed by atoms with Crippen molar-refractivity contribution in [2.45, 2.75) is 52.5 Å². The summed E-state index contributed by atoms with van der Waals surface area (Å²) in [5.74, 6) is 1.58. The van der Waals surface area contributed by atoms with Crippen LogP contribution in [0.1, 0.15) is 47.0 Å². The molecule has 4 heteroatoms. The molecule has 0 aliphatic carbocycles. The Kier molecular flexibility index (Phi) is 6.27. The number of unbranched alkanes of at least 4 members (excludes halogenated alkanes) is 1. The minimum atomic E-state index is -0.766. The molecule has 0 aromatic heterocycles. The molecule has 1 aliphatic rings. The maximum Gasteiger partial charge on any atom is 0.239 e. The third-order valence-electron chi connectivity index (χ3n) is 3.72. The summed E-state index contributed by atoms with van der Waals surface area (Å²) in [5, 5.41) is 2.90. The van der Waals surface area contributed by atoms with Gasteiger partial charge in [0.05, 0.1) is 5.54 Å². The van der Waals surface area contributed by atoms with Gasteiger partial charge in [-0.2, -0.15) is 0 Å². The summed E-state index contributed by atoms with van der Waals surface area (Å²) in [6, 6.07) is 0. The van der Waals surface area contributed by atoms with Gasteiger partial charge in [-0.25, -0.2) is 0 Å². The van der Waals surface area contributed by atoms with Gasteiger partial charge in [-0.15, -0.1) is 0 Å². The lowest BCUT2D eigenvalue weighted by Gasteiger charge is -2.35. The summed E-state index contributed by atoms with van der Waals surface area (Å²) >= 11 is 0. The van der Waals surface area contributed by atoms with Crippen LogP contribution < -0.4 is 11.1 Å². The molecule has 2 unspecified atom stereocenters. The second-order valence-corrected chi connectivity index (χ2v) is 6.89. The minimum Gasteiger partial charge on any atom is -0.355 e. The highest BCUT2D eigenvalue weighted by Crippen LogP contribution is 2.20. The normalized spacial score (nSPS) is 25.3. The number of nitrogens with zero attached hydrogens (tertiary/aromatic N) is 1. The predicted molar refractivity (Wildman–Crippen MR) is 79.9 cm³/mol. The molecule has 1 aliphatic heterocycles. The third kappa shape index (κ3) is 6.39. The van der Waals surface area contributed by atoms with Gasteiger partial charge in [0.1, 0.15) is 0 Å². The Balaban J connectivity index is 2.09. The van der Waals surface area contributed by atoms with Gasteiger partial charge in [0.15, 0.2) is 0 Å². The van der Waals surface area contributed by atoms with Crippen LogP contribution in [0.2, 0.25) is 0 Å². The molecule has 1 fully saturated rings. The number of carbonyl (C=O) groups excluding carboxylic acids is 1. The van der Waals surface area contributed by atoms with Gasteiger partial charge < -0.3 is 16.0 Å². The second kappa shape index (κ2) is 7.25. The van der Waals surface area contributed by atoms with E-state index in [0.717, 1.165) is 37.8 Å². The van der Waals surface area contributed by atoms with E-state index in [1.807, 2.05) is 0 Å². The maximum atomic E-state index is 11.6.